The number of oxime groups is 1. The van der Waals surface area contributed by atoms with Crippen molar-refractivity contribution in [1.82, 2.24) is 10.2 Å². The van der Waals surface area contributed by atoms with Crippen molar-refractivity contribution in [2.45, 2.75) is 89.2 Å². The minimum absolute atomic E-state index is 0.0115. The highest BCUT2D eigenvalue weighted by molar-refractivity contribution is 6.03. The summed E-state index contributed by atoms with van der Waals surface area (Å²) in [5, 5.41) is 27.4. The molecule has 3 N–H and O–H groups in total. The first-order valence-corrected chi connectivity index (χ1v) is 21.8. The number of carbonyl (C=O) groups is 2. The van der Waals surface area contributed by atoms with Crippen molar-refractivity contribution < 1.29 is 48.0 Å². The van der Waals surface area contributed by atoms with Crippen LogP contribution in [0.2, 0.25) is 0 Å². The number of aliphatic hydroxyl groups excluding tert-OH is 2. The Kier molecular flexibility index (Phi) is 16.7. The van der Waals surface area contributed by atoms with E-state index in [1.807, 2.05) is 43.3 Å². The van der Waals surface area contributed by atoms with Gasteiger partial charge in [-0.2, -0.15) is 0 Å². The number of rotatable bonds is 22. The van der Waals surface area contributed by atoms with Crippen molar-refractivity contribution in [3.63, 3.8) is 0 Å². The molecule has 0 unspecified atom stereocenters. The van der Waals surface area contributed by atoms with Gasteiger partial charge in [0.05, 0.1) is 24.8 Å². The fourth-order valence-corrected chi connectivity index (χ4v) is 9.16. The van der Waals surface area contributed by atoms with Crippen LogP contribution in [0.25, 0.3) is 0 Å². The Bertz CT molecular complexity index is 2030. The third kappa shape index (κ3) is 10.9. The number of unbranched alkanes of at least 4 members (excludes halogenated alkanes) is 2. The summed E-state index contributed by atoms with van der Waals surface area (Å²) in [6.07, 6.45) is 9.11. The lowest BCUT2D eigenvalue weighted by Gasteiger charge is -2.59. The van der Waals surface area contributed by atoms with E-state index in [-0.39, 0.29) is 63.8 Å². The quantitative estimate of drug-likeness (QED) is 0.0512. The molecule has 1 saturated carbocycles. The number of halogens is 1. The summed E-state index contributed by atoms with van der Waals surface area (Å²) in [6.45, 7) is 10.4. The molecule has 13 heteroatoms. The largest absolute Gasteiger partial charge is 0.459 e. The number of aliphatic hydroxyl groups is 2. The summed E-state index contributed by atoms with van der Waals surface area (Å²) in [4.78, 5) is 35.1. The molecule has 12 nitrogen and oxygen atoms in total. The highest BCUT2D eigenvalue weighted by atomic mass is 19.1. The third-order valence-electron chi connectivity index (χ3n) is 11.8. The van der Waals surface area contributed by atoms with Crippen molar-refractivity contribution in [1.29, 1.82) is 0 Å². The number of amides is 2. The first kappa shape index (κ1) is 46.0. The first-order valence-electron chi connectivity index (χ1n) is 21.8. The van der Waals surface area contributed by atoms with Gasteiger partial charge in [0.2, 0.25) is 5.79 Å². The SMILES string of the molecule is C=CCCOC(=O)N(Cc1ccc(F)cc1)[C@H]1CC(=NOCc2ccccc2)C2=C[C@H](CCCCO)[C@@H](CCCCO)[C@@H]3c4cc(OC(=O)NCC)ccc4O[C@@]1(OCC=C)[C@H]23. The van der Waals surface area contributed by atoms with E-state index in [0.29, 0.717) is 48.6 Å². The maximum Gasteiger partial charge on any atom is 0.412 e. The molecule has 0 radical (unpaired) electrons. The molecule has 0 saturated heterocycles. The number of nitrogens with zero attached hydrogens (tertiary/aromatic N) is 2. The van der Waals surface area contributed by atoms with E-state index in [9.17, 15) is 24.2 Å². The average Bonchev–Trinajstić information content (AvgIpc) is 3.27. The lowest BCUT2D eigenvalue weighted by molar-refractivity contribution is -0.256. The van der Waals surface area contributed by atoms with Crippen molar-refractivity contribution in [3.05, 3.63) is 132 Å². The smallest absolute Gasteiger partial charge is 0.412 e. The van der Waals surface area contributed by atoms with Crippen molar-refractivity contribution in [3.8, 4) is 11.5 Å². The highest BCUT2D eigenvalue weighted by Gasteiger charge is 2.65. The Morgan fingerprint density at radius 3 is 2.45 bits per heavy atom. The lowest BCUT2D eigenvalue weighted by atomic mass is 9.55. The zero-order valence-corrected chi connectivity index (χ0v) is 35.6. The summed E-state index contributed by atoms with van der Waals surface area (Å²) in [6, 6.07) is 20.1. The van der Waals surface area contributed by atoms with Crippen LogP contribution in [0, 0.1) is 23.6 Å². The summed E-state index contributed by atoms with van der Waals surface area (Å²) >= 11 is 0. The fourth-order valence-electron chi connectivity index (χ4n) is 9.16. The second kappa shape index (κ2) is 22.6. The predicted molar refractivity (Wildman–Crippen MR) is 234 cm³/mol. The van der Waals surface area contributed by atoms with Gasteiger partial charge in [0, 0.05) is 44.2 Å². The van der Waals surface area contributed by atoms with E-state index < -0.39 is 35.8 Å². The molecule has 1 fully saturated rings. The van der Waals surface area contributed by atoms with Gasteiger partial charge in [0.1, 0.15) is 30.0 Å². The summed E-state index contributed by atoms with van der Waals surface area (Å²) < 4.78 is 40.3. The van der Waals surface area contributed by atoms with Gasteiger partial charge in [0.15, 0.2) is 0 Å². The number of carbonyl (C=O) groups excluding carboxylic acids is 2. The van der Waals surface area contributed by atoms with Crippen LogP contribution in [-0.4, -0.2) is 77.8 Å². The van der Waals surface area contributed by atoms with E-state index in [0.717, 1.165) is 42.4 Å². The number of hydrogen-bond acceptors (Lipinski definition) is 10. The molecule has 3 aliphatic rings. The van der Waals surface area contributed by atoms with Crippen LogP contribution >= 0.6 is 0 Å². The fraction of sp³-hybridized carbons (Fsp3) is 0.449. The first-order chi connectivity index (χ1) is 30.3. The van der Waals surface area contributed by atoms with Crippen LogP contribution in [-0.2, 0) is 27.5 Å². The lowest BCUT2D eigenvalue weighted by Crippen LogP contribution is -2.70. The number of hydrogen-bond donors (Lipinski definition) is 3. The van der Waals surface area contributed by atoms with Crippen LogP contribution in [0.1, 0.15) is 80.9 Å². The summed E-state index contributed by atoms with van der Waals surface area (Å²) in [5.41, 5.74) is 3.82. The van der Waals surface area contributed by atoms with Crippen LogP contribution in [0.3, 0.4) is 0 Å². The zero-order chi connectivity index (χ0) is 43.9. The minimum Gasteiger partial charge on any atom is -0.459 e. The number of allylic oxidation sites excluding steroid dienone is 1. The van der Waals surface area contributed by atoms with Gasteiger partial charge in [0.25, 0.3) is 0 Å². The van der Waals surface area contributed by atoms with Gasteiger partial charge in [-0.25, -0.2) is 14.0 Å². The normalized spacial score (nSPS) is 22.9. The molecular formula is C49H60FN3O9. The molecule has 62 heavy (non-hydrogen) atoms. The predicted octanol–water partition coefficient (Wildman–Crippen LogP) is 8.98. The average molecular weight is 854 g/mol. The molecule has 1 aliphatic heterocycles. The van der Waals surface area contributed by atoms with Gasteiger partial charge < -0.3 is 39.3 Å². The molecule has 2 aliphatic carbocycles. The van der Waals surface area contributed by atoms with Gasteiger partial charge in [-0.15, -0.1) is 13.2 Å². The van der Waals surface area contributed by atoms with Crippen LogP contribution in [0.15, 0.2) is 115 Å². The van der Waals surface area contributed by atoms with Gasteiger partial charge in [-0.3, -0.25) is 4.90 Å². The highest BCUT2D eigenvalue weighted by Crippen LogP contribution is 2.62. The molecule has 0 bridgehead atoms. The van der Waals surface area contributed by atoms with Crippen LogP contribution < -0.4 is 14.8 Å². The second-order valence-corrected chi connectivity index (χ2v) is 15.9. The molecule has 2 amide bonds. The molecule has 0 spiro atoms. The van der Waals surface area contributed by atoms with Crippen LogP contribution in [0.5, 0.6) is 11.5 Å². The molecule has 6 rings (SSSR count). The Hall–Kier alpha value is -5.50. The zero-order valence-electron chi connectivity index (χ0n) is 35.6. The van der Waals surface area contributed by atoms with Gasteiger partial charge in [-0.05, 0) is 97.9 Å². The topological polar surface area (TPSA) is 148 Å². The maximum absolute atomic E-state index is 14.6. The van der Waals surface area contributed by atoms with Crippen molar-refractivity contribution in [2.24, 2.45) is 22.9 Å². The number of nitrogens with one attached hydrogen (secondary N) is 1. The van der Waals surface area contributed by atoms with E-state index in [1.165, 1.54) is 12.1 Å². The third-order valence-corrected chi connectivity index (χ3v) is 11.8. The molecular weight excluding hydrogens is 794 g/mol. The monoisotopic (exact) mass is 853 g/mol. The maximum atomic E-state index is 14.6. The second-order valence-electron chi connectivity index (χ2n) is 15.9. The Morgan fingerprint density at radius 2 is 1.74 bits per heavy atom. The summed E-state index contributed by atoms with van der Waals surface area (Å²) in [5.74, 6) is -2.19. The minimum atomic E-state index is -1.57. The standard InChI is InChI=1S/C49H60FN3O9/c1-4-7-28-58-48(57)53(32-34-19-21-37(50)22-20-34)44-31-42(52-60-33-35-15-9-8-10-16-35)40-29-36(17-11-13-25-54)39(18-12-14-26-55)45-41-30-38(61-47(56)51-6-3)23-24-43(41)62-49(44,46(40)45)59-27-5-2/h4-5,8-10,15-16,19-24,29-30,36,39,44-46,54-55H,1-2,6-7,11-14,17-18,25-28,31-33H2,3H3,(H,51,56)/t36-,39+,44-,45+,46+,49+/m0/s1. The molecule has 1 heterocycles. The van der Waals surface area contributed by atoms with E-state index in [1.54, 1.807) is 41.3 Å². The van der Waals surface area contributed by atoms with Crippen LogP contribution in [0.4, 0.5) is 14.0 Å². The van der Waals surface area contributed by atoms with E-state index in [2.05, 4.69) is 24.6 Å². The summed E-state index contributed by atoms with van der Waals surface area (Å²) in [7, 11) is 0. The molecule has 332 valence electrons. The Labute approximate surface area is 364 Å². The van der Waals surface area contributed by atoms with E-state index in [4.69, 9.17) is 28.9 Å². The Balaban J connectivity index is 1.60. The molecule has 6 atom stereocenters. The molecule has 0 aromatic heterocycles. The molecule has 3 aromatic rings. The number of ether oxygens (including phenoxy) is 4. The van der Waals surface area contributed by atoms with Crippen molar-refractivity contribution in [2.75, 3.05) is 33.0 Å². The van der Waals surface area contributed by atoms with E-state index >= 15 is 0 Å². The number of benzene rings is 3. The number of fused-ring (bicyclic) bond motifs is 2. The molecule has 3 aromatic carbocycles. The van der Waals surface area contributed by atoms with Crippen molar-refractivity contribution >= 4 is 17.9 Å². The van der Waals surface area contributed by atoms with Gasteiger partial charge >= 0.3 is 12.2 Å². The Morgan fingerprint density at radius 1 is 0.984 bits per heavy atom. The van der Waals surface area contributed by atoms with Gasteiger partial charge in [-0.1, -0.05) is 78.7 Å².